The first-order chi connectivity index (χ1) is 8.16. The number of hydrogen-bond acceptors (Lipinski definition) is 2. The van der Waals surface area contributed by atoms with E-state index in [9.17, 15) is 9.90 Å². The van der Waals surface area contributed by atoms with Gasteiger partial charge in [-0.2, -0.15) is 0 Å². The van der Waals surface area contributed by atoms with E-state index in [0.717, 1.165) is 36.9 Å². The van der Waals surface area contributed by atoms with Gasteiger partial charge in [0, 0.05) is 25.1 Å². The van der Waals surface area contributed by atoms with Crippen molar-refractivity contribution in [3.8, 4) is 5.75 Å². The molecule has 1 fully saturated rings. The molecule has 3 nitrogen and oxygen atoms in total. The molecule has 1 aromatic carbocycles. The van der Waals surface area contributed by atoms with E-state index in [0.29, 0.717) is 18.7 Å². The molecule has 1 aliphatic rings. The van der Waals surface area contributed by atoms with Gasteiger partial charge in [-0.1, -0.05) is 18.6 Å². The van der Waals surface area contributed by atoms with Crippen molar-refractivity contribution < 1.29 is 9.90 Å². The number of hydrogen-bond donors (Lipinski definition) is 1. The van der Waals surface area contributed by atoms with Crippen molar-refractivity contribution in [1.82, 2.24) is 4.90 Å². The summed E-state index contributed by atoms with van der Waals surface area (Å²) in [6.45, 7) is 3.29. The van der Waals surface area contributed by atoms with Crippen LogP contribution in [0.5, 0.6) is 5.75 Å². The van der Waals surface area contributed by atoms with Crippen LogP contribution in [0.4, 0.5) is 0 Å². The standard InChI is InChI=1S/C14H19NO2/c1-11-6-7-12(13(16)9-11)10-15-8-4-2-3-5-14(15)17/h6-7,9,16H,2-5,8,10H2,1H3. The normalized spacial score (nSPS) is 17.0. The van der Waals surface area contributed by atoms with Crippen molar-refractivity contribution in [2.75, 3.05) is 6.54 Å². The summed E-state index contributed by atoms with van der Waals surface area (Å²) in [5.41, 5.74) is 1.87. The monoisotopic (exact) mass is 233 g/mol. The quantitative estimate of drug-likeness (QED) is 0.853. The van der Waals surface area contributed by atoms with Crippen LogP contribution in [0.15, 0.2) is 18.2 Å². The van der Waals surface area contributed by atoms with Crippen molar-refractivity contribution in [2.45, 2.75) is 39.2 Å². The van der Waals surface area contributed by atoms with E-state index < -0.39 is 0 Å². The van der Waals surface area contributed by atoms with Crippen molar-refractivity contribution in [2.24, 2.45) is 0 Å². The summed E-state index contributed by atoms with van der Waals surface area (Å²) in [6, 6.07) is 5.62. The predicted octanol–water partition coefficient (Wildman–Crippen LogP) is 2.60. The minimum absolute atomic E-state index is 0.211. The zero-order valence-electron chi connectivity index (χ0n) is 10.3. The Labute approximate surface area is 102 Å². The molecule has 0 unspecified atom stereocenters. The highest BCUT2D eigenvalue weighted by molar-refractivity contribution is 5.76. The predicted molar refractivity (Wildman–Crippen MR) is 66.7 cm³/mol. The van der Waals surface area contributed by atoms with Crippen LogP contribution < -0.4 is 0 Å². The lowest BCUT2D eigenvalue weighted by Crippen LogP contribution is -2.29. The van der Waals surface area contributed by atoms with Gasteiger partial charge in [-0.25, -0.2) is 0 Å². The first-order valence-electron chi connectivity index (χ1n) is 6.23. The molecule has 1 amide bonds. The van der Waals surface area contributed by atoms with Gasteiger partial charge in [0.1, 0.15) is 5.75 Å². The summed E-state index contributed by atoms with van der Waals surface area (Å²) in [5, 5.41) is 9.84. The Bertz CT molecular complexity index is 415. The maximum Gasteiger partial charge on any atom is 0.222 e. The van der Waals surface area contributed by atoms with E-state index in [-0.39, 0.29) is 5.91 Å². The minimum atomic E-state index is 0.211. The summed E-state index contributed by atoms with van der Waals surface area (Å²) in [6.07, 6.45) is 3.84. The number of nitrogens with zero attached hydrogens (tertiary/aromatic N) is 1. The lowest BCUT2D eigenvalue weighted by molar-refractivity contribution is -0.131. The molecule has 1 N–H and O–H groups in total. The van der Waals surface area contributed by atoms with Crippen molar-refractivity contribution in [1.29, 1.82) is 0 Å². The Morgan fingerprint density at radius 1 is 1.29 bits per heavy atom. The van der Waals surface area contributed by atoms with Crippen LogP contribution >= 0.6 is 0 Å². The molecule has 3 heteroatoms. The Kier molecular flexibility index (Phi) is 3.67. The van der Waals surface area contributed by atoms with E-state index in [2.05, 4.69) is 0 Å². The number of aryl methyl sites for hydroxylation is 1. The fourth-order valence-corrected chi connectivity index (χ4v) is 2.22. The molecule has 0 spiro atoms. The second-order valence-corrected chi connectivity index (χ2v) is 4.76. The highest BCUT2D eigenvalue weighted by atomic mass is 16.3. The minimum Gasteiger partial charge on any atom is -0.508 e. The van der Waals surface area contributed by atoms with Crippen LogP contribution in [-0.2, 0) is 11.3 Å². The van der Waals surface area contributed by atoms with Crippen LogP contribution in [0.3, 0.4) is 0 Å². The molecule has 0 radical (unpaired) electrons. The lowest BCUT2D eigenvalue weighted by Gasteiger charge is -2.21. The van der Waals surface area contributed by atoms with Crippen molar-refractivity contribution in [3.05, 3.63) is 29.3 Å². The van der Waals surface area contributed by atoms with E-state index in [4.69, 9.17) is 0 Å². The highest BCUT2D eigenvalue weighted by Gasteiger charge is 2.17. The third-order valence-corrected chi connectivity index (χ3v) is 3.27. The third-order valence-electron chi connectivity index (χ3n) is 3.27. The number of phenolic OH excluding ortho intramolecular Hbond substituents is 1. The zero-order valence-corrected chi connectivity index (χ0v) is 10.3. The first-order valence-corrected chi connectivity index (χ1v) is 6.23. The van der Waals surface area contributed by atoms with E-state index in [1.54, 1.807) is 6.07 Å². The molecular weight excluding hydrogens is 214 g/mol. The maximum absolute atomic E-state index is 11.8. The van der Waals surface area contributed by atoms with E-state index in [1.807, 2.05) is 24.0 Å². The van der Waals surface area contributed by atoms with Crippen molar-refractivity contribution >= 4 is 5.91 Å². The molecule has 2 rings (SSSR count). The Morgan fingerprint density at radius 2 is 2.12 bits per heavy atom. The number of amides is 1. The van der Waals surface area contributed by atoms with Gasteiger partial charge in [-0.15, -0.1) is 0 Å². The lowest BCUT2D eigenvalue weighted by atomic mass is 10.1. The van der Waals surface area contributed by atoms with Gasteiger partial charge in [0.25, 0.3) is 0 Å². The fraction of sp³-hybridized carbons (Fsp3) is 0.500. The second kappa shape index (κ2) is 5.21. The Balaban J connectivity index is 2.10. The second-order valence-electron chi connectivity index (χ2n) is 4.76. The third kappa shape index (κ3) is 2.99. The molecular formula is C14H19NO2. The van der Waals surface area contributed by atoms with Crippen molar-refractivity contribution in [3.63, 3.8) is 0 Å². The van der Waals surface area contributed by atoms with Crippen LogP contribution in [0.25, 0.3) is 0 Å². The zero-order chi connectivity index (χ0) is 12.3. The van der Waals surface area contributed by atoms with Crippen LogP contribution in [0, 0.1) is 6.92 Å². The van der Waals surface area contributed by atoms with E-state index >= 15 is 0 Å². The van der Waals surface area contributed by atoms with Crippen LogP contribution in [0.1, 0.15) is 36.8 Å². The van der Waals surface area contributed by atoms with Gasteiger partial charge >= 0.3 is 0 Å². The summed E-state index contributed by atoms with van der Waals surface area (Å²) in [5.74, 6) is 0.504. The Hall–Kier alpha value is -1.51. The molecule has 17 heavy (non-hydrogen) atoms. The Morgan fingerprint density at radius 3 is 2.88 bits per heavy atom. The molecule has 0 saturated carbocycles. The highest BCUT2D eigenvalue weighted by Crippen LogP contribution is 2.22. The molecule has 0 aliphatic carbocycles. The maximum atomic E-state index is 11.8. The number of aromatic hydroxyl groups is 1. The number of rotatable bonds is 2. The van der Waals surface area contributed by atoms with Gasteiger partial charge in [-0.3, -0.25) is 4.79 Å². The SMILES string of the molecule is Cc1ccc(CN2CCCCCC2=O)c(O)c1. The largest absolute Gasteiger partial charge is 0.508 e. The van der Waals surface area contributed by atoms with E-state index in [1.165, 1.54) is 0 Å². The van der Waals surface area contributed by atoms with Gasteiger partial charge in [0.2, 0.25) is 5.91 Å². The fourth-order valence-electron chi connectivity index (χ4n) is 2.22. The molecule has 1 aliphatic heterocycles. The van der Waals surface area contributed by atoms with Gasteiger partial charge < -0.3 is 10.0 Å². The summed E-state index contributed by atoms with van der Waals surface area (Å²) >= 11 is 0. The topological polar surface area (TPSA) is 40.5 Å². The molecule has 0 atom stereocenters. The molecule has 0 aromatic heterocycles. The molecule has 0 bridgehead atoms. The summed E-state index contributed by atoms with van der Waals surface area (Å²) < 4.78 is 0. The average Bonchev–Trinajstić information content (AvgIpc) is 2.48. The number of carbonyl (C=O) groups excluding carboxylic acids is 1. The van der Waals surface area contributed by atoms with Crippen LogP contribution in [0.2, 0.25) is 0 Å². The smallest absolute Gasteiger partial charge is 0.222 e. The van der Waals surface area contributed by atoms with Gasteiger partial charge in [0.15, 0.2) is 0 Å². The number of phenols is 1. The summed E-state index contributed by atoms with van der Waals surface area (Å²) in [7, 11) is 0. The molecule has 1 heterocycles. The number of carbonyl (C=O) groups is 1. The summed E-state index contributed by atoms with van der Waals surface area (Å²) in [4.78, 5) is 13.7. The first kappa shape index (κ1) is 12.0. The molecule has 1 saturated heterocycles. The van der Waals surface area contributed by atoms with Gasteiger partial charge in [0.05, 0.1) is 0 Å². The molecule has 1 aromatic rings. The van der Waals surface area contributed by atoms with Crippen LogP contribution in [-0.4, -0.2) is 22.5 Å². The number of likely N-dealkylation sites (tertiary alicyclic amines) is 1. The van der Waals surface area contributed by atoms with Gasteiger partial charge in [-0.05, 0) is 31.4 Å². The molecule has 92 valence electrons. The average molecular weight is 233 g/mol. The number of benzene rings is 1.